The summed E-state index contributed by atoms with van der Waals surface area (Å²) in [4.78, 5) is 3.87. The fourth-order valence-corrected chi connectivity index (χ4v) is 1.95. The van der Waals surface area contributed by atoms with Crippen LogP contribution < -0.4 is 4.74 Å². The van der Waals surface area contributed by atoms with Gasteiger partial charge < -0.3 is 4.74 Å². The zero-order valence-electron chi connectivity index (χ0n) is 8.18. The van der Waals surface area contributed by atoms with Crippen LogP contribution in [-0.4, -0.2) is 11.3 Å². The van der Waals surface area contributed by atoms with Crippen molar-refractivity contribution in [1.82, 2.24) is 4.98 Å². The molecule has 0 aliphatic carbocycles. The van der Waals surface area contributed by atoms with Crippen LogP contribution >= 0.6 is 34.2 Å². The number of rotatable bonds is 3. The first kappa shape index (κ1) is 14.3. The van der Waals surface area contributed by atoms with Gasteiger partial charge in [0, 0.05) is 11.8 Å². The summed E-state index contributed by atoms with van der Waals surface area (Å²) in [6, 6.07) is 1.76. The second-order valence-electron chi connectivity index (χ2n) is 2.88. The van der Waals surface area contributed by atoms with Gasteiger partial charge in [0.05, 0.1) is 27.6 Å². The number of aromatic nitrogens is 1. The summed E-state index contributed by atoms with van der Waals surface area (Å²) in [5.74, 6) is -0.479. The second-order valence-corrected chi connectivity index (χ2v) is 4.31. The first-order valence-corrected chi connectivity index (χ1v) is 5.85. The summed E-state index contributed by atoms with van der Waals surface area (Å²) in [6.07, 6.45) is -3.83. The predicted octanol–water partition coefficient (Wildman–Crippen LogP) is 3.39. The topological polar surface area (TPSA) is 45.9 Å². The normalized spacial score (nSPS) is 11.1. The van der Waals surface area contributed by atoms with Crippen LogP contribution in [0.4, 0.5) is 13.2 Å². The Morgan fingerprint density at radius 2 is 2.18 bits per heavy atom. The Labute approximate surface area is 114 Å². The van der Waals surface area contributed by atoms with Gasteiger partial charge in [-0.3, -0.25) is 4.98 Å². The number of alkyl halides is 4. The Morgan fingerprint density at radius 1 is 1.53 bits per heavy atom. The first-order valence-electron chi connectivity index (χ1n) is 4.24. The van der Waals surface area contributed by atoms with Crippen molar-refractivity contribution in [2.45, 2.75) is 18.7 Å². The maximum absolute atomic E-state index is 12.2. The number of hydrogen-bond donors (Lipinski definition) is 0. The van der Waals surface area contributed by atoms with E-state index in [9.17, 15) is 13.2 Å². The summed E-state index contributed by atoms with van der Waals surface area (Å²) in [5, 5.41) is 8.59. The SMILES string of the molecule is N#CCc1c(CCl)ncc(I)c1OC(F)(F)F. The number of nitriles is 1. The molecule has 0 radical (unpaired) electrons. The van der Waals surface area contributed by atoms with E-state index in [1.54, 1.807) is 28.7 Å². The molecule has 0 saturated heterocycles. The lowest BCUT2D eigenvalue weighted by molar-refractivity contribution is -0.275. The molecular formula is C9H5ClF3IN2O. The fourth-order valence-electron chi connectivity index (χ4n) is 1.15. The zero-order valence-corrected chi connectivity index (χ0v) is 11.1. The van der Waals surface area contributed by atoms with E-state index in [-0.39, 0.29) is 27.1 Å². The summed E-state index contributed by atoms with van der Waals surface area (Å²) >= 11 is 7.21. The Balaban J connectivity index is 3.29. The highest BCUT2D eigenvalue weighted by atomic mass is 127. The van der Waals surface area contributed by atoms with Crippen LogP contribution in [0.15, 0.2) is 6.20 Å². The van der Waals surface area contributed by atoms with Crippen LogP contribution in [0.1, 0.15) is 11.3 Å². The lowest BCUT2D eigenvalue weighted by atomic mass is 10.1. The molecule has 0 unspecified atom stereocenters. The molecule has 0 atom stereocenters. The molecule has 0 spiro atoms. The average molecular weight is 377 g/mol. The lowest BCUT2D eigenvalue weighted by Gasteiger charge is -2.15. The van der Waals surface area contributed by atoms with Gasteiger partial charge in [0.25, 0.3) is 0 Å². The minimum Gasteiger partial charge on any atom is -0.404 e. The molecule has 8 heteroatoms. The molecule has 0 fully saturated rings. The van der Waals surface area contributed by atoms with Crippen molar-refractivity contribution in [2.24, 2.45) is 0 Å². The summed E-state index contributed by atoms with van der Waals surface area (Å²) in [6.45, 7) is 0. The highest BCUT2D eigenvalue weighted by molar-refractivity contribution is 14.1. The molecule has 0 amide bonds. The van der Waals surface area contributed by atoms with Gasteiger partial charge in [-0.15, -0.1) is 24.8 Å². The van der Waals surface area contributed by atoms with Gasteiger partial charge in [0.15, 0.2) is 0 Å². The van der Waals surface area contributed by atoms with Crippen molar-refractivity contribution < 1.29 is 17.9 Å². The third-order valence-electron chi connectivity index (χ3n) is 1.77. The maximum Gasteiger partial charge on any atom is 0.573 e. The highest BCUT2D eigenvalue weighted by Gasteiger charge is 2.33. The van der Waals surface area contributed by atoms with E-state index in [1.807, 2.05) is 0 Å². The van der Waals surface area contributed by atoms with Crippen LogP contribution in [0.5, 0.6) is 5.75 Å². The molecule has 3 nitrogen and oxygen atoms in total. The van der Waals surface area contributed by atoms with E-state index in [1.165, 1.54) is 6.20 Å². The molecule has 1 aromatic heterocycles. The molecule has 0 aliphatic heterocycles. The van der Waals surface area contributed by atoms with Gasteiger partial charge in [-0.05, 0) is 22.6 Å². The monoisotopic (exact) mass is 376 g/mol. The Kier molecular flexibility index (Phi) is 4.82. The van der Waals surface area contributed by atoms with Gasteiger partial charge in [-0.25, -0.2) is 0 Å². The largest absolute Gasteiger partial charge is 0.573 e. The molecule has 0 aliphatic rings. The van der Waals surface area contributed by atoms with Crippen LogP contribution in [0.3, 0.4) is 0 Å². The van der Waals surface area contributed by atoms with E-state index < -0.39 is 12.1 Å². The number of pyridine rings is 1. The summed E-state index contributed by atoms with van der Waals surface area (Å²) < 4.78 is 40.7. The Bertz CT molecular complexity index is 459. The van der Waals surface area contributed by atoms with Gasteiger partial charge in [0.1, 0.15) is 5.75 Å². The molecule has 1 rings (SSSR count). The van der Waals surface area contributed by atoms with E-state index >= 15 is 0 Å². The third-order valence-corrected chi connectivity index (χ3v) is 2.79. The van der Waals surface area contributed by atoms with Crippen LogP contribution in [0, 0.1) is 14.9 Å². The molecule has 0 aromatic carbocycles. The zero-order chi connectivity index (χ0) is 13.1. The van der Waals surface area contributed by atoms with Crippen molar-refractivity contribution >= 4 is 34.2 Å². The molecule has 0 bridgehead atoms. The van der Waals surface area contributed by atoms with Gasteiger partial charge in [-0.1, -0.05) is 0 Å². The summed E-state index contributed by atoms with van der Waals surface area (Å²) in [7, 11) is 0. The third kappa shape index (κ3) is 3.89. The molecule has 0 N–H and O–H groups in total. The molecule has 1 aromatic rings. The number of ether oxygens (including phenoxy) is 1. The Morgan fingerprint density at radius 3 is 2.65 bits per heavy atom. The van der Waals surface area contributed by atoms with Crippen LogP contribution in [0.25, 0.3) is 0 Å². The standard InChI is InChI=1S/C9H5ClF3IN2O/c10-3-7-5(1-2-15)8(6(14)4-16-7)17-9(11,12)13/h4H,1,3H2. The van der Waals surface area contributed by atoms with Crippen molar-refractivity contribution in [2.75, 3.05) is 0 Å². The van der Waals surface area contributed by atoms with Gasteiger partial charge in [-0.2, -0.15) is 5.26 Å². The van der Waals surface area contributed by atoms with E-state index in [0.29, 0.717) is 0 Å². The molecule has 0 saturated carbocycles. The van der Waals surface area contributed by atoms with Crippen LogP contribution in [-0.2, 0) is 12.3 Å². The predicted molar refractivity (Wildman–Crippen MR) is 62.5 cm³/mol. The van der Waals surface area contributed by atoms with Crippen molar-refractivity contribution in [3.63, 3.8) is 0 Å². The van der Waals surface area contributed by atoms with E-state index in [2.05, 4.69) is 9.72 Å². The first-order chi connectivity index (χ1) is 7.89. The number of nitrogens with zero attached hydrogens (tertiary/aromatic N) is 2. The van der Waals surface area contributed by atoms with Crippen molar-refractivity contribution in [3.8, 4) is 11.8 Å². The van der Waals surface area contributed by atoms with Gasteiger partial charge in [0.2, 0.25) is 0 Å². The molecule has 1 heterocycles. The minimum absolute atomic E-state index is 0.0757. The van der Waals surface area contributed by atoms with Gasteiger partial charge >= 0.3 is 6.36 Å². The number of halogens is 5. The highest BCUT2D eigenvalue weighted by Crippen LogP contribution is 2.33. The van der Waals surface area contributed by atoms with Crippen molar-refractivity contribution in [3.05, 3.63) is 21.0 Å². The average Bonchev–Trinajstić information content (AvgIpc) is 2.22. The lowest BCUT2D eigenvalue weighted by Crippen LogP contribution is -2.19. The minimum atomic E-state index is -4.81. The maximum atomic E-state index is 12.2. The van der Waals surface area contributed by atoms with Crippen molar-refractivity contribution in [1.29, 1.82) is 5.26 Å². The second kappa shape index (κ2) is 5.73. The molecular weight excluding hydrogens is 371 g/mol. The summed E-state index contributed by atoms with van der Waals surface area (Å²) in [5.41, 5.74) is 0.291. The van der Waals surface area contributed by atoms with Crippen LogP contribution in [0.2, 0.25) is 0 Å². The van der Waals surface area contributed by atoms with E-state index in [4.69, 9.17) is 16.9 Å². The molecule has 92 valence electrons. The quantitative estimate of drug-likeness (QED) is 0.600. The fraction of sp³-hybridized carbons (Fsp3) is 0.333. The smallest absolute Gasteiger partial charge is 0.404 e. The molecule has 17 heavy (non-hydrogen) atoms. The number of hydrogen-bond acceptors (Lipinski definition) is 3. The van der Waals surface area contributed by atoms with E-state index in [0.717, 1.165) is 0 Å². The Hall–Kier alpha value is -0.750.